The van der Waals surface area contributed by atoms with Crippen LogP contribution in [0.3, 0.4) is 0 Å². The lowest BCUT2D eigenvalue weighted by Gasteiger charge is -2.27. The zero-order valence-corrected chi connectivity index (χ0v) is 18.4. The average molecular weight is 476 g/mol. The van der Waals surface area contributed by atoms with Crippen LogP contribution in [0, 0.1) is 10.1 Å². The summed E-state index contributed by atoms with van der Waals surface area (Å²) in [6.45, 7) is 1.34. The molecule has 2 rings (SSSR count). The number of non-ortho nitro benzene ring substituents is 1. The molecule has 1 aromatic carbocycles. The number of sulfonamides is 1. The predicted molar refractivity (Wildman–Crippen MR) is 111 cm³/mol. The monoisotopic (exact) mass is 475 g/mol. The quantitative estimate of drug-likeness (QED) is 0.185. The van der Waals surface area contributed by atoms with Crippen LogP contribution in [0.1, 0.15) is 6.92 Å². The lowest BCUT2D eigenvalue weighted by Crippen LogP contribution is -2.45. The fraction of sp³-hybridized carbons (Fsp3) is 0.333. The van der Waals surface area contributed by atoms with Gasteiger partial charge in [0.25, 0.3) is 5.69 Å². The van der Waals surface area contributed by atoms with Crippen molar-refractivity contribution in [1.29, 1.82) is 0 Å². The number of anilines is 2. The topological polar surface area (TPSA) is 162 Å². The van der Waals surface area contributed by atoms with Crippen LogP contribution in [-0.4, -0.2) is 60.6 Å². The van der Waals surface area contributed by atoms with Crippen molar-refractivity contribution in [2.24, 2.45) is 0 Å². The Morgan fingerprint density at radius 2 is 2.10 bits per heavy atom. The maximum atomic E-state index is 12.6. The maximum absolute atomic E-state index is 12.6. The molecule has 0 fully saturated rings. The number of aromatic nitrogens is 2. The van der Waals surface area contributed by atoms with Gasteiger partial charge in [0, 0.05) is 12.1 Å². The number of nitrogens with zero attached hydrogens (tertiary/aromatic N) is 4. The van der Waals surface area contributed by atoms with Crippen LogP contribution < -0.4 is 9.62 Å². The van der Waals surface area contributed by atoms with Crippen molar-refractivity contribution >= 4 is 61.5 Å². The Labute approximate surface area is 179 Å². The molecule has 1 N–H and O–H groups in total. The van der Waals surface area contributed by atoms with Gasteiger partial charge in [0.1, 0.15) is 6.04 Å². The lowest BCUT2D eigenvalue weighted by atomic mass is 10.2. The highest BCUT2D eigenvalue weighted by Gasteiger charge is 2.30. The van der Waals surface area contributed by atoms with E-state index < -0.39 is 32.9 Å². The third-order valence-electron chi connectivity index (χ3n) is 3.56. The van der Waals surface area contributed by atoms with E-state index in [9.17, 15) is 28.1 Å². The first-order chi connectivity index (χ1) is 14.0. The van der Waals surface area contributed by atoms with Crippen LogP contribution in [0.4, 0.5) is 16.5 Å². The number of hydrogen-bond donors (Lipinski definition) is 1. The number of rotatable bonds is 9. The highest BCUT2D eigenvalue weighted by Crippen LogP contribution is 2.28. The number of ether oxygens (including phenoxy) is 1. The Morgan fingerprint density at radius 1 is 1.40 bits per heavy atom. The molecule has 30 heavy (non-hydrogen) atoms. The number of amides is 1. The minimum atomic E-state index is -3.95. The molecule has 1 atom stereocenters. The van der Waals surface area contributed by atoms with E-state index in [4.69, 9.17) is 0 Å². The summed E-state index contributed by atoms with van der Waals surface area (Å²) in [6, 6.07) is 3.72. The Bertz CT molecular complexity index is 1060. The van der Waals surface area contributed by atoms with Gasteiger partial charge < -0.3 is 4.74 Å². The van der Waals surface area contributed by atoms with E-state index >= 15 is 0 Å². The summed E-state index contributed by atoms with van der Waals surface area (Å²) in [5.41, 5.74) is -0.342. The van der Waals surface area contributed by atoms with Crippen molar-refractivity contribution in [3.63, 3.8) is 0 Å². The first kappa shape index (κ1) is 23.5. The van der Waals surface area contributed by atoms with Crippen molar-refractivity contribution in [2.45, 2.75) is 17.3 Å². The highest BCUT2D eigenvalue weighted by molar-refractivity contribution is 8.01. The molecule has 1 unspecified atom stereocenters. The molecule has 0 saturated heterocycles. The second kappa shape index (κ2) is 9.82. The van der Waals surface area contributed by atoms with Crippen LogP contribution in [-0.2, 0) is 24.3 Å². The van der Waals surface area contributed by atoms with Crippen molar-refractivity contribution in [1.82, 2.24) is 10.2 Å². The van der Waals surface area contributed by atoms with Crippen molar-refractivity contribution < 1.29 is 27.7 Å². The number of nitro groups is 1. The maximum Gasteiger partial charge on any atom is 0.316 e. The largest absolute Gasteiger partial charge is 0.468 e. The van der Waals surface area contributed by atoms with Gasteiger partial charge in [0.05, 0.1) is 29.7 Å². The lowest BCUT2D eigenvalue weighted by molar-refractivity contribution is -0.384. The van der Waals surface area contributed by atoms with E-state index in [0.717, 1.165) is 39.7 Å². The van der Waals surface area contributed by atoms with Gasteiger partial charge in [0.15, 0.2) is 4.34 Å². The highest BCUT2D eigenvalue weighted by atomic mass is 32.2. The number of thioether (sulfide) groups is 1. The third kappa shape index (κ3) is 6.11. The zero-order valence-electron chi connectivity index (χ0n) is 16.0. The molecule has 162 valence electrons. The fourth-order valence-corrected chi connectivity index (χ4v) is 5.01. The Morgan fingerprint density at radius 3 is 2.70 bits per heavy atom. The number of methoxy groups -OCH3 is 1. The second-order valence-corrected chi connectivity index (χ2v) is 9.80. The van der Waals surface area contributed by atoms with Gasteiger partial charge in [-0.3, -0.25) is 29.3 Å². The number of carbonyl (C=O) groups excluding carboxylic acids is 2. The minimum Gasteiger partial charge on any atom is -0.468 e. The Kier molecular flexibility index (Phi) is 7.69. The van der Waals surface area contributed by atoms with Crippen LogP contribution >= 0.6 is 23.1 Å². The number of hydrogen-bond acceptors (Lipinski definition) is 11. The molecule has 0 aliphatic carbocycles. The van der Waals surface area contributed by atoms with E-state index in [0.29, 0.717) is 4.34 Å². The number of nitro benzene ring substituents is 1. The molecular formula is C15H17N5O7S3. The van der Waals surface area contributed by atoms with Gasteiger partial charge in [-0.15, -0.1) is 10.2 Å². The molecule has 1 aromatic heterocycles. The predicted octanol–water partition coefficient (Wildman–Crippen LogP) is 1.50. The van der Waals surface area contributed by atoms with E-state index in [1.165, 1.54) is 32.2 Å². The first-order valence-electron chi connectivity index (χ1n) is 8.10. The summed E-state index contributed by atoms with van der Waals surface area (Å²) in [7, 11) is -2.70. The van der Waals surface area contributed by atoms with Gasteiger partial charge in [-0.05, 0) is 13.0 Å². The summed E-state index contributed by atoms with van der Waals surface area (Å²) >= 11 is 2.07. The Balaban J connectivity index is 2.19. The molecule has 0 aliphatic rings. The van der Waals surface area contributed by atoms with E-state index in [-0.39, 0.29) is 22.3 Å². The van der Waals surface area contributed by atoms with Crippen molar-refractivity contribution in [3.8, 4) is 0 Å². The Hall–Kier alpha value is -2.78. The standard InChI is InChI=1S/C15H17N5O7S3/c1-9(13(22)16-14-17-18-15(29-14)28-8-12(21)27-2)19(30(3,25)26)10-5-4-6-11(7-10)20(23)24/h4-7,9H,8H2,1-3H3,(H,16,17,22). The summed E-state index contributed by atoms with van der Waals surface area (Å²) in [5.74, 6) is -1.15. The second-order valence-electron chi connectivity index (χ2n) is 5.74. The fourth-order valence-electron chi connectivity index (χ4n) is 2.26. The SMILES string of the molecule is COC(=O)CSc1nnc(NC(=O)C(C)N(c2cccc([N+](=O)[O-])c2)S(C)(=O)=O)s1. The molecule has 15 heteroatoms. The average Bonchev–Trinajstić information content (AvgIpc) is 3.12. The van der Waals surface area contributed by atoms with E-state index in [1.807, 2.05) is 0 Å². The molecule has 0 radical (unpaired) electrons. The number of carbonyl (C=O) groups is 2. The summed E-state index contributed by atoms with van der Waals surface area (Å²) in [5, 5.41) is 21.2. The molecule has 1 amide bonds. The first-order valence-corrected chi connectivity index (χ1v) is 11.8. The normalized spacial score (nSPS) is 12.1. The van der Waals surface area contributed by atoms with Crippen molar-refractivity contribution in [2.75, 3.05) is 28.7 Å². The van der Waals surface area contributed by atoms with Crippen LogP contribution in [0.25, 0.3) is 0 Å². The minimum absolute atomic E-state index is 0.0180. The number of esters is 1. The third-order valence-corrected chi connectivity index (χ3v) is 6.75. The molecule has 1 heterocycles. The molecule has 12 nitrogen and oxygen atoms in total. The van der Waals surface area contributed by atoms with E-state index in [1.54, 1.807) is 0 Å². The molecule has 0 spiro atoms. The van der Waals surface area contributed by atoms with Gasteiger partial charge in [0.2, 0.25) is 21.1 Å². The molecule has 2 aromatic rings. The van der Waals surface area contributed by atoms with Crippen LogP contribution in [0.5, 0.6) is 0 Å². The van der Waals surface area contributed by atoms with E-state index in [2.05, 4.69) is 20.3 Å². The smallest absolute Gasteiger partial charge is 0.316 e. The summed E-state index contributed by atoms with van der Waals surface area (Å²) in [6.07, 6.45) is 0.891. The number of nitrogens with one attached hydrogen (secondary N) is 1. The number of benzene rings is 1. The molecular weight excluding hydrogens is 458 g/mol. The van der Waals surface area contributed by atoms with Gasteiger partial charge in [-0.1, -0.05) is 29.2 Å². The van der Waals surface area contributed by atoms with Crippen LogP contribution in [0.15, 0.2) is 28.6 Å². The molecule has 0 saturated carbocycles. The van der Waals surface area contributed by atoms with Crippen LogP contribution in [0.2, 0.25) is 0 Å². The molecule has 0 aliphatic heterocycles. The van der Waals surface area contributed by atoms with Crippen molar-refractivity contribution in [3.05, 3.63) is 34.4 Å². The summed E-state index contributed by atoms with van der Waals surface area (Å²) < 4.78 is 30.3. The van der Waals surface area contributed by atoms with Gasteiger partial charge >= 0.3 is 5.97 Å². The van der Waals surface area contributed by atoms with Gasteiger partial charge in [-0.25, -0.2) is 8.42 Å². The van der Waals surface area contributed by atoms with Gasteiger partial charge in [-0.2, -0.15) is 0 Å². The summed E-state index contributed by atoms with van der Waals surface area (Å²) in [4.78, 5) is 34.1. The zero-order chi connectivity index (χ0) is 22.5. The molecule has 0 bridgehead atoms.